The summed E-state index contributed by atoms with van der Waals surface area (Å²) < 4.78 is 2.17. The molecule has 2 aromatic rings. The van der Waals surface area contributed by atoms with E-state index in [1.807, 2.05) is 11.7 Å². The van der Waals surface area contributed by atoms with E-state index < -0.39 is 0 Å². The van der Waals surface area contributed by atoms with Crippen molar-refractivity contribution in [3.63, 3.8) is 0 Å². The van der Waals surface area contributed by atoms with Gasteiger partial charge in [-0.25, -0.2) is 4.98 Å². The minimum atomic E-state index is 0.289. The molecule has 0 aromatic carbocycles. The molecule has 3 rings (SSSR count). The van der Waals surface area contributed by atoms with Crippen LogP contribution < -0.4 is 5.73 Å². The van der Waals surface area contributed by atoms with E-state index in [4.69, 9.17) is 10.7 Å². The van der Waals surface area contributed by atoms with Gasteiger partial charge in [0.05, 0.1) is 16.1 Å². The average Bonchev–Trinajstić information content (AvgIpc) is 2.87. The molecule has 0 radical (unpaired) electrons. The Morgan fingerprint density at radius 1 is 1.56 bits per heavy atom. The molecule has 2 heterocycles. The molecule has 4 nitrogen and oxygen atoms in total. The van der Waals surface area contributed by atoms with Crippen LogP contribution in [0.5, 0.6) is 0 Å². The third kappa shape index (κ3) is 1.47. The first kappa shape index (κ1) is 9.99. The summed E-state index contributed by atoms with van der Waals surface area (Å²) in [6.45, 7) is 0. The third-order valence-electron chi connectivity index (χ3n) is 3.16. The van der Waals surface area contributed by atoms with Crippen LogP contribution in [0.25, 0.3) is 10.7 Å². The molecule has 1 aliphatic rings. The number of aromatic nitrogens is 3. The number of nitrogens with zero attached hydrogens (tertiary/aromatic N) is 3. The molecule has 16 heavy (non-hydrogen) atoms. The van der Waals surface area contributed by atoms with Crippen LogP contribution in [0.3, 0.4) is 0 Å². The van der Waals surface area contributed by atoms with E-state index in [0.717, 1.165) is 30.0 Å². The largest absolute Gasteiger partial charge is 0.330 e. The Balaban J connectivity index is 2.09. The monoisotopic (exact) mass is 234 g/mol. The van der Waals surface area contributed by atoms with Gasteiger partial charge in [-0.3, -0.25) is 4.98 Å². The lowest BCUT2D eigenvalue weighted by molar-refractivity contribution is 0.552. The number of thiazole rings is 1. The fraction of sp³-hybridized carbons (Fsp3) is 0.455. The zero-order chi connectivity index (χ0) is 11.1. The predicted octanol–water partition coefficient (Wildman–Crippen LogP) is 1.36. The maximum atomic E-state index is 6.00. The van der Waals surface area contributed by atoms with Gasteiger partial charge in [0.2, 0.25) is 0 Å². The van der Waals surface area contributed by atoms with Crippen molar-refractivity contribution in [2.75, 3.05) is 0 Å². The number of fused-ring (bicyclic) bond motifs is 1. The van der Waals surface area contributed by atoms with Crippen molar-refractivity contribution in [2.45, 2.75) is 25.3 Å². The third-order valence-corrected chi connectivity index (χ3v) is 3.93. The van der Waals surface area contributed by atoms with Crippen LogP contribution in [-0.4, -0.2) is 20.6 Å². The maximum Gasteiger partial charge on any atom is 0.151 e. The van der Waals surface area contributed by atoms with Crippen molar-refractivity contribution in [1.29, 1.82) is 0 Å². The lowest BCUT2D eigenvalue weighted by Crippen LogP contribution is -2.28. The molecule has 0 saturated carbocycles. The number of rotatable bonds is 1. The average molecular weight is 234 g/mol. The summed E-state index contributed by atoms with van der Waals surface area (Å²) in [6.07, 6.45) is 4.87. The summed E-state index contributed by atoms with van der Waals surface area (Å²) >= 11 is 1.63. The Hall–Kier alpha value is -1.20. The summed E-state index contributed by atoms with van der Waals surface area (Å²) in [5.74, 6) is 1.03. The van der Waals surface area contributed by atoms with Crippen LogP contribution in [0.1, 0.15) is 17.8 Å². The Bertz CT molecular complexity index is 500. The van der Waals surface area contributed by atoms with Gasteiger partial charge < -0.3 is 10.3 Å². The summed E-state index contributed by atoms with van der Waals surface area (Å²) in [4.78, 5) is 9.94. The smallest absolute Gasteiger partial charge is 0.151 e. The van der Waals surface area contributed by atoms with Gasteiger partial charge in [0.1, 0.15) is 0 Å². The molecule has 0 spiro atoms. The Morgan fingerprint density at radius 3 is 3.19 bits per heavy atom. The number of aryl methyl sites for hydroxylation is 1. The van der Waals surface area contributed by atoms with Crippen molar-refractivity contribution in [3.05, 3.63) is 23.1 Å². The van der Waals surface area contributed by atoms with Crippen LogP contribution in [0.15, 0.2) is 11.7 Å². The zero-order valence-corrected chi connectivity index (χ0v) is 10.00. The highest BCUT2D eigenvalue weighted by Crippen LogP contribution is 2.28. The van der Waals surface area contributed by atoms with E-state index in [9.17, 15) is 0 Å². The Morgan fingerprint density at radius 2 is 2.44 bits per heavy atom. The van der Waals surface area contributed by atoms with Gasteiger partial charge in [0.25, 0.3) is 0 Å². The molecule has 0 aliphatic heterocycles. The van der Waals surface area contributed by atoms with Gasteiger partial charge in [-0.1, -0.05) is 0 Å². The number of hydrogen-bond donors (Lipinski definition) is 1. The lowest BCUT2D eigenvalue weighted by Gasteiger charge is -2.18. The zero-order valence-electron chi connectivity index (χ0n) is 9.18. The first-order valence-corrected chi connectivity index (χ1v) is 6.32. The van der Waals surface area contributed by atoms with Crippen LogP contribution in [0, 0.1) is 0 Å². The minimum Gasteiger partial charge on any atom is -0.330 e. The quantitative estimate of drug-likeness (QED) is 0.810. The molecule has 2 N–H and O–H groups in total. The second-order valence-electron chi connectivity index (χ2n) is 4.26. The van der Waals surface area contributed by atoms with E-state index in [-0.39, 0.29) is 6.04 Å². The summed E-state index contributed by atoms with van der Waals surface area (Å²) in [5, 5.41) is 0. The van der Waals surface area contributed by atoms with Gasteiger partial charge in [-0.2, -0.15) is 0 Å². The van der Waals surface area contributed by atoms with Crippen LogP contribution in [0.4, 0.5) is 0 Å². The molecule has 0 fully saturated rings. The molecule has 0 bridgehead atoms. The minimum absolute atomic E-state index is 0.289. The lowest BCUT2D eigenvalue weighted by atomic mass is 9.97. The standard InChI is InChI=1S/C11H14N4S/c1-15-9-4-7(12)2-3-8(9)14-11(15)10-5-13-6-16-10/h5-7H,2-4,12H2,1H3. The fourth-order valence-corrected chi connectivity index (χ4v) is 2.91. The number of nitrogens with two attached hydrogens (primary N) is 1. The van der Waals surface area contributed by atoms with E-state index in [1.54, 1.807) is 11.3 Å². The highest BCUT2D eigenvalue weighted by molar-refractivity contribution is 7.13. The topological polar surface area (TPSA) is 56.7 Å². The summed E-state index contributed by atoms with van der Waals surface area (Å²) in [7, 11) is 2.07. The van der Waals surface area contributed by atoms with Gasteiger partial charge in [-0.05, 0) is 12.8 Å². The Labute approximate surface area is 98.1 Å². The fourth-order valence-electron chi connectivity index (χ4n) is 2.26. The van der Waals surface area contributed by atoms with Crippen LogP contribution in [0.2, 0.25) is 0 Å². The van der Waals surface area contributed by atoms with E-state index in [1.165, 1.54) is 11.4 Å². The first-order chi connectivity index (χ1) is 7.75. The molecular weight excluding hydrogens is 220 g/mol. The van der Waals surface area contributed by atoms with Gasteiger partial charge in [-0.15, -0.1) is 11.3 Å². The molecule has 0 saturated heterocycles. The molecule has 84 valence electrons. The van der Waals surface area contributed by atoms with Crippen molar-refractivity contribution >= 4 is 11.3 Å². The number of imidazole rings is 1. The second-order valence-corrected chi connectivity index (χ2v) is 5.14. The molecule has 1 aliphatic carbocycles. The van der Waals surface area contributed by atoms with Crippen molar-refractivity contribution in [3.8, 4) is 10.7 Å². The normalized spacial score (nSPS) is 19.8. The van der Waals surface area contributed by atoms with Crippen molar-refractivity contribution < 1.29 is 0 Å². The molecule has 1 unspecified atom stereocenters. The molecule has 0 amide bonds. The van der Waals surface area contributed by atoms with Crippen molar-refractivity contribution in [2.24, 2.45) is 12.8 Å². The molecule has 5 heteroatoms. The molecule has 1 atom stereocenters. The number of hydrogen-bond acceptors (Lipinski definition) is 4. The summed E-state index contributed by atoms with van der Waals surface area (Å²) in [6, 6.07) is 0.289. The van der Waals surface area contributed by atoms with E-state index >= 15 is 0 Å². The summed E-state index contributed by atoms with van der Waals surface area (Å²) in [5.41, 5.74) is 10.3. The van der Waals surface area contributed by atoms with E-state index in [2.05, 4.69) is 16.6 Å². The van der Waals surface area contributed by atoms with Crippen molar-refractivity contribution in [1.82, 2.24) is 14.5 Å². The SMILES string of the molecule is Cn1c(-c2cncs2)nc2c1CC(N)CC2. The van der Waals surface area contributed by atoms with E-state index in [0.29, 0.717) is 0 Å². The van der Waals surface area contributed by atoms with Crippen LogP contribution in [-0.2, 0) is 19.9 Å². The highest BCUT2D eigenvalue weighted by atomic mass is 32.1. The Kier molecular flexibility index (Phi) is 2.29. The first-order valence-electron chi connectivity index (χ1n) is 5.44. The van der Waals surface area contributed by atoms with Gasteiger partial charge in [0, 0.05) is 31.4 Å². The molecular formula is C11H14N4S. The highest BCUT2D eigenvalue weighted by Gasteiger charge is 2.22. The van der Waals surface area contributed by atoms with Gasteiger partial charge >= 0.3 is 0 Å². The second kappa shape index (κ2) is 3.68. The predicted molar refractivity (Wildman–Crippen MR) is 64.3 cm³/mol. The van der Waals surface area contributed by atoms with Crippen LogP contribution >= 0.6 is 11.3 Å². The molecule has 2 aromatic heterocycles. The maximum absolute atomic E-state index is 6.00. The van der Waals surface area contributed by atoms with Gasteiger partial charge in [0.15, 0.2) is 5.82 Å².